The standard InChI is InChI=1S/C24H22BrClFNO5/c1-3-32-22-10-14(12-28-20-11-15(24(29)30)7-8-21(20)31-2)9-17(25)23(22)33-13-16-18(26)5-4-6-19(16)27/h4-11,28H,3,12-13H2,1-2H3,(H,29,30). The molecule has 0 fully saturated rings. The normalized spacial score (nSPS) is 10.6. The fraction of sp³-hybridized carbons (Fsp3) is 0.208. The van der Waals surface area contributed by atoms with E-state index >= 15 is 0 Å². The molecule has 0 aromatic heterocycles. The molecule has 0 spiro atoms. The van der Waals surface area contributed by atoms with E-state index in [2.05, 4.69) is 21.2 Å². The van der Waals surface area contributed by atoms with Gasteiger partial charge in [-0.15, -0.1) is 0 Å². The number of carbonyl (C=O) groups is 1. The topological polar surface area (TPSA) is 77.0 Å². The summed E-state index contributed by atoms with van der Waals surface area (Å²) in [5.74, 6) is -0.0629. The van der Waals surface area contributed by atoms with Crippen LogP contribution in [0, 0.1) is 5.82 Å². The van der Waals surface area contributed by atoms with Crippen molar-refractivity contribution in [1.82, 2.24) is 0 Å². The largest absolute Gasteiger partial charge is 0.495 e. The van der Waals surface area contributed by atoms with E-state index in [4.69, 9.17) is 25.8 Å². The average Bonchev–Trinajstić information content (AvgIpc) is 2.78. The minimum Gasteiger partial charge on any atom is -0.495 e. The molecule has 0 saturated carbocycles. The molecule has 0 atom stereocenters. The van der Waals surface area contributed by atoms with Gasteiger partial charge in [0.15, 0.2) is 11.5 Å². The molecule has 3 rings (SSSR count). The second kappa shape index (κ2) is 11.2. The van der Waals surface area contributed by atoms with Crippen LogP contribution in [0.15, 0.2) is 53.0 Å². The van der Waals surface area contributed by atoms with E-state index < -0.39 is 11.8 Å². The predicted octanol–water partition coefficient (Wildman–Crippen LogP) is 6.54. The number of benzene rings is 3. The first-order chi connectivity index (χ1) is 15.8. The number of carboxylic acid groups (broad SMARTS) is 1. The second-order valence-corrected chi connectivity index (χ2v) is 8.16. The van der Waals surface area contributed by atoms with Crippen molar-refractivity contribution in [3.05, 3.63) is 80.5 Å². The minimum atomic E-state index is -1.03. The Hall–Kier alpha value is -2.97. The lowest BCUT2D eigenvalue weighted by Gasteiger charge is -2.17. The molecule has 0 amide bonds. The van der Waals surface area contributed by atoms with Crippen LogP contribution in [0.5, 0.6) is 17.2 Å². The molecule has 2 N–H and O–H groups in total. The van der Waals surface area contributed by atoms with Crippen molar-refractivity contribution < 1.29 is 28.5 Å². The maximum atomic E-state index is 14.1. The summed E-state index contributed by atoms with van der Waals surface area (Å²) in [6, 6.07) is 12.7. The number of carboxylic acids is 1. The quantitative estimate of drug-likeness (QED) is 0.305. The zero-order valence-electron chi connectivity index (χ0n) is 18.0. The van der Waals surface area contributed by atoms with Crippen molar-refractivity contribution in [2.45, 2.75) is 20.1 Å². The number of aromatic carboxylic acids is 1. The van der Waals surface area contributed by atoms with Crippen LogP contribution in [0.1, 0.15) is 28.4 Å². The van der Waals surface area contributed by atoms with Gasteiger partial charge in [-0.3, -0.25) is 0 Å². The zero-order valence-corrected chi connectivity index (χ0v) is 20.3. The fourth-order valence-corrected chi connectivity index (χ4v) is 3.94. The van der Waals surface area contributed by atoms with E-state index in [0.717, 1.165) is 5.56 Å². The third-order valence-electron chi connectivity index (χ3n) is 4.72. The highest BCUT2D eigenvalue weighted by atomic mass is 79.9. The van der Waals surface area contributed by atoms with Crippen LogP contribution in [0.25, 0.3) is 0 Å². The van der Waals surface area contributed by atoms with E-state index in [1.807, 2.05) is 13.0 Å². The molecule has 0 heterocycles. The second-order valence-electron chi connectivity index (χ2n) is 6.90. The van der Waals surface area contributed by atoms with Crippen molar-refractivity contribution in [2.24, 2.45) is 0 Å². The van der Waals surface area contributed by atoms with Crippen LogP contribution in [0.2, 0.25) is 5.02 Å². The summed E-state index contributed by atoms with van der Waals surface area (Å²) in [6.07, 6.45) is 0. The van der Waals surface area contributed by atoms with E-state index in [0.29, 0.717) is 40.6 Å². The Bertz CT molecular complexity index is 1140. The molecule has 174 valence electrons. The Morgan fingerprint density at radius 1 is 1.15 bits per heavy atom. The van der Waals surface area contributed by atoms with Crippen LogP contribution in [0.3, 0.4) is 0 Å². The number of nitrogens with one attached hydrogen (secondary N) is 1. The van der Waals surface area contributed by atoms with Gasteiger partial charge in [0.05, 0.1) is 34.5 Å². The number of methoxy groups -OCH3 is 1. The molecular formula is C24H22BrClFNO5. The number of halogens is 3. The molecule has 0 aliphatic heterocycles. The summed E-state index contributed by atoms with van der Waals surface area (Å²) in [5.41, 5.74) is 1.78. The van der Waals surface area contributed by atoms with Gasteiger partial charge in [0, 0.05) is 12.1 Å². The summed E-state index contributed by atoms with van der Waals surface area (Å²) < 4.78 is 31.6. The summed E-state index contributed by atoms with van der Waals surface area (Å²) in [4.78, 5) is 11.3. The molecule has 0 unspecified atom stereocenters. The Morgan fingerprint density at radius 2 is 1.94 bits per heavy atom. The lowest BCUT2D eigenvalue weighted by Crippen LogP contribution is -2.06. The number of rotatable bonds is 10. The molecule has 0 bridgehead atoms. The average molecular weight is 539 g/mol. The predicted molar refractivity (Wildman–Crippen MR) is 128 cm³/mol. The van der Waals surface area contributed by atoms with Gasteiger partial charge in [0.25, 0.3) is 0 Å². The number of hydrogen-bond acceptors (Lipinski definition) is 5. The maximum Gasteiger partial charge on any atom is 0.335 e. The highest BCUT2D eigenvalue weighted by molar-refractivity contribution is 9.10. The highest BCUT2D eigenvalue weighted by Gasteiger charge is 2.16. The van der Waals surface area contributed by atoms with Crippen molar-refractivity contribution in [2.75, 3.05) is 19.0 Å². The number of anilines is 1. The molecule has 0 aliphatic rings. The van der Waals surface area contributed by atoms with Gasteiger partial charge >= 0.3 is 5.97 Å². The smallest absolute Gasteiger partial charge is 0.335 e. The summed E-state index contributed by atoms with van der Waals surface area (Å²) in [5, 5.41) is 12.7. The third-order valence-corrected chi connectivity index (χ3v) is 5.66. The van der Waals surface area contributed by atoms with Gasteiger partial charge < -0.3 is 24.6 Å². The first-order valence-corrected chi connectivity index (χ1v) is 11.2. The molecule has 3 aromatic carbocycles. The monoisotopic (exact) mass is 537 g/mol. The van der Waals surface area contributed by atoms with Crippen LogP contribution < -0.4 is 19.5 Å². The Morgan fingerprint density at radius 3 is 2.61 bits per heavy atom. The highest BCUT2D eigenvalue weighted by Crippen LogP contribution is 2.38. The van der Waals surface area contributed by atoms with E-state index in [1.165, 1.54) is 31.4 Å². The zero-order chi connectivity index (χ0) is 24.0. The molecule has 0 aliphatic carbocycles. The van der Waals surface area contributed by atoms with Gasteiger partial charge in [-0.1, -0.05) is 17.7 Å². The van der Waals surface area contributed by atoms with Crippen molar-refractivity contribution in [3.8, 4) is 17.2 Å². The van der Waals surface area contributed by atoms with Gasteiger partial charge in [0.1, 0.15) is 18.2 Å². The number of ether oxygens (including phenoxy) is 3. The van der Waals surface area contributed by atoms with Crippen molar-refractivity contribution >= 4 is 39.2 Å². The minimum absolute atomic E-state index is 0.0685. The first-order valence-electron chi connectivity index (χ1n) is 10.00. The third kappa shape index (κ3) is 6.09. The van der Waals surface area contributed by atoms with Crippen molar-refractivity contribution in [3.63, 3.8) is 0 Å². The Labute approximate surface area is 204 Å². The molecule has 0 radical (unpaired) electrons. The van der Waals surface area contributed by atoms with E-state index in [-0.39, 0.29) is 22.8 Å². The van der Waals surface area contributed by atoms with Crippen LogP contribution in [-0.4, -0.2) is 24.8 Å². The molecule has 33 heavy (non-hydrogen) atoms. The molecule has 6 nitrogen and oxygen atoms in total. The SMILES string of the molecule is CCOc1cc(CNc2cc(C(=O)O)ccc2OC)cc(Br)c1OCc1c(F)cccc1Cl. The van der Waals surface area contributed by atoms with Crippen LogP contribution in [-0.2, 0) is 13.2 Å². The van der Waals surface area contributed by atoms with E-state index in [9.17, 15) is 14.3 Å². The van der Waals surface area contributed by atoms with Gasteiger partial charge in [0.2, 0.25) is 0 Å². The van der Waals surface area contributed by atoms with E-state index in [1.54, 1.807) is 18.2 Å². The van der Waals surface area contributed by atoms with Crippen molar-refractivity contribution in [1.29, 1.82) is 0 Å². The lowest BCUT2D eigenvalue weighted by atomic mass is 10.1. The molecule has 9 heteroatoms. The fourth-order valence-electron chi connectivity index (χ4n) is 3.12. The molecular weight excluding hydrogens is 517 g/mol. The van der Waals surface area contributed by atoms with Gasteiger partial charge in [-0.05, 0) is 70.9 Å². The van der Waals surface area contributed by atoms with Crippen LogP contribution >= 0.6 is 27.5 Å². The lowest BCUT2D eigenvalue weighted by molar-refractivity contribution is 0.0697. The molecule has 0 saturated heterocycles. The van der Waals surface area contributed by atoms with Gasteiger partial charge in [-0.2, -0.15) is 0 Å². The maximum absolute atomic E-state index is 14.1. The molecule has 3 aromatic rings. The summed E-state index contributed by atoms with van der Waals surface area (Å²) in [6.45, 7) is 2.53. The Kier molecular flexibility index (Phi) is 8.41. The summed E-state index contributed by atoms with van der Waals surface area (Å²) in [7, 11) is 1.51. The Balaban J connectivity index is 1.82. The van der Waals surface area contributed by atoms with Crippen LogP contribution in [0.4, 0.5) is 10.1 Å². The number of hydrogen-bond donors (Lipinski definition) is 2. The summed E-state index contributed by atoms with van der Waals surface area (Å²) >= 11 is 9.60. The first kappa shape index (κ1) is 24.7. The van der Waals surface area contributed by atoms with Gasteiger partial charge in [-0.25, -0.2) is 9.18 Å².